The predicted octanol–water partition coefficient (Wildman–Crippen LogP) is 2.45. The van der Waals surface area contributed by atoms with Gasteiger partial charge < -0.3 is 10.4 Å². The molecule has 0 bridgehead atoms. The Bertz CT molecular complexity index is 379. The highest BCUT2D eigenvalue weighted by molar-refractivity contribution is 6.17. The number of alkyl halides is 1. The van der Waals surface area contributed by atoms with Crippen molar-refractivity contribution >= 4 is 17.5 Å². The number of phenolic OH excluding ortho intramolecular Hbond substituents is 1. The first-order valence-corrected chi connectivity index (χ1v) is 5.75. The quantitative estimate of drug-likeness (QED) is 0.796. The molecule has 0 aromatic heterocycles. The van der Waals surface area contributed by atoms with Gasteiger partial charge in [-0.05, 0) is 32.4 Å². The summed E-state index contributed by atoms with van der Waals surface area (Å²) in [6.07, 6.45) is 0.727. The lowest BCUT2D eigenvalue weighted by Gasteiger charge is -2.13. The number of benzene rings is 1. The molecule has 0 saturated heterocycles. The van der Waals surface area contributed by atoms with Crippen LogP contribution in [-0.4, -0.2) is 22.9 Å². The summed E-state index contributed by atoms with van der Waals surface area (Å²) in [6, 6.07) is 4.95. The monoisotopic (exact) mass is 241 g/mol. The van der Waals surface area contributed by atoms with E-state index in [9.17, 15) is 9.90 Å². The Labute approximate surface area is 100 Å². The van der Waals surface area contributed by atoms with Gasteiger partial charge in [-0.25, -0.2) is 0 Å². The minimum Gasteiger partial charge on any atom is -0.508 e. The summed E-state index contributed by atoms with van der Waals surface area (Å²) in [5, 5.41) is 12.3. The van der Waals surface area contributed by atoms with Crippen molar-refractivity contribution in [2.75, 3.05) is 5.88 Å². The van der Waals surface area contributed by atoms with Crippen LogP contribution < -0.4 is 5.32 Å². The van der Waals surface area contributed by atoms with Crippen LogP contribution in [0.3, 0.4) is 0 Å². The van der Waals surface area contributed by atoms with Gasteiger partial charge in [-0.2, -0.15) is 0 Å². The van der Waals surface area contributed by atoms with Gasteiger partial charge in [0.1, 0.15) is 5.75 Å². The molecular weight excluding hydrogens is 226 g/mol. The van der Waals surface area contributed by atoms with Crippen molar-refractivity contribution in [2.24, 2.45) is 0 Å². The average Bonchev–Trinajstić information content (AvgIpc) is 2.22. The SMILES string of the molecule is Cc1c(O)cccc1C(=O)NC(C)CCCl. The Hall–Kier alpha value is -1.22. The van der Waals surface area contributed by atoms with Crippen LogP contribution in [0.15, 0.2) is 18.2 Å². The molecule has 1 unspecified atom stereocenters. The van der Waals surface area contributed by atoms with Gasteiger partial charge >= 0.3 is 0 Å². The zero-order chi connectivity index (χ0) is 12.1. The fourth-order valence-electron chi connectivity index (χ4n) is 1.41. The first-order chi connectivity index (χ1) is 7.56. The Kier molecular flexibility index (Phi) is 4.62. The number of carbonyl (C=O) groups is 1. The third kappa shape index (κ3) is 3.14. The zero-order valence-corrected chi connectivity index (χ0v) is 10.2. The van der Waals surface area contributed by atoms with Gasteiger partial charge in [-0.15, -0.1) is 11.6 Å². The second-order valence-electron chi connectivity index (χ2n) is 3.80. The number of hydrogen-bond acceptors (Lipinski definition) is 2. The van der Waals surface area contributed by atoms with E-state index in [-0.39, 0.29) is 17.7 Å². The minimum atomic E-state index is -0.175. The molecule has 1 aromatic carbocycles. The third-order valence-corrected chi connectivity index (χ3v) is 2.69. The second kappa shape index (κ2) is 5.75. The number of nitrogens with one attached hydrogen (secondary N) is 1. The standard InChI is InChI=1S/C12H16ClNO2/c1-8(6-7-13)14-12(16)10-4-3-5-11(15)9(10)2/h3-5,8,15H,6-7H2,1-2H3,(H,14,16). The van der Waals surface area contributed by atoms with E-state index in [0.29, 0.717) is 17.0 Å². The first-order valence-electron chi connectivity index (χ1n) is 5.21. The fourth-order valence-corrected chi connectivity index (χ4v) is 1.73. The molecule has 0 aliphatic heterocycles. The Morgan fingerprint density at radius 1 is 1.56 bits per heavy atom. The normalized spacial score (nSPS) is 12.2. The van der Waals surface area contributed by atoms with Crippen LogP contribution >= 0.6 is 11.6 Å². The lowest BCUT2D eigenvalue weighted by atomic mass is 10.1. The summed E-state index contributed by atoms with van der Waals surface area (Å²) in [4.78, 5) is 11.8. The molecule has 0 heterocycles. The van der Waals surface area contributed by atoms with Crippen LogP contribution in [0.2, 0.25) is 0 Å². The molecule has 0 fully saturated rings. The summed E-state index contributed by atoms with van der Waals surface area (Å²) < 4.78 is 0. The van der Waals surface area contributed by atoms with Crippen LogP contribution in [0.25, 0.3) is 0 Å². The van der Waals surface area contributed by atoms with E-state index in [1.165, 1.54) is 0 Å². The molecule has 1 aromatic rings. The number of aromatic hydroxyl groups is 1. The van der Waals surface area contributed by atoms with Gasteiger partial charge in [0.2, 0.25) is 0 Å². The molecule has 1 amide bonds. The predicted molar refractivity (Wildman–Crippen MR) is 65.1 cm³/mol. The van der Waals surface area contributed by atoms with Crippen molar-refractivity contribution < 1.29 is 9.90 Å². The molecule has 0 spiro atoms. The summed E-state index contributed by atoms with van der Waals surface area (Å²) in [5.41, 5.74) is 1.10. The van der Waals surface area contributed by atoms with Crippen molar-refractivity contribution in [3.63, 3.8) is 0 Å². The molecule has 0 radical (unpaired) electrons. The van der Waals surface area contributed by atoms with E-state index < -0.39 is 0 Å². The van der Waals surface area contributed by atoms with E-state index in [4.69, 9.17) is 11.6 Å². The lowest BCUT2D eigenvalue weighted by Crippen LogP contribution is -2.33. The van der Waals surface area contributed by atoms with Crippen LogP contribution in [-0.2, 0) is 0 Å². The topological polar surface area (TPSA) is 49.3 Å². The Morgan fingerprint density at radius 3 is 2.88 bits per heavy atom. The van der Waals surface area contributed by atoms with E-state index in [1.807, 2.05) is 6.92 Å². The number of hydrogen-bond donors (Lipinski definition) is 2. The van der Waals surface area contributed by atoms with Crippen molar-refractivity contribution in [3.05, 3.63) is 29.3 Å². The lowest BCUT2D eigenvalue weighted by molar-refractivity contribution is 0.0938. The molecule has 4 heteroatoms. The third-order valence-electron chi connectivity index (χ3n) is 2.47. The van der Waals surface area contributed by atoms with E-state index >= 15 is 0 Å². The smallest absolute Gasteiger partial charge is 0.251 e. The van der Waals surface area contributed by atoms with Crippen molar-refractivity contribution in [2.45, 2.75) is 26.3 Å². The summed E-state index contributed by atoms with van der Waals surface area (Å²) in [7, 11) is 0. The molecule has 0 saturated carbocycles. The van der Waals surface area contributed by atoms with Crippen LogP contribution in [0.1, 0.15) is 29.3 Å². The summed E-state index contributed by atoms with van der Waals surface area (Å²) in [6.45, 7) is 3.62. The Balaban J connectivity index is 2.77. The number of halogens is 1. The van der Waals surface area contributed by atoms with Crippen LogP contribution in [0.5, 0.6) is 5.75 Å². The molecule has 16 heavy (non-hydrogen) atoms. The number of phenols is 1. The molecule has 1 rings (SSSR count). The number of carbonyl (C=O) groups excluding carboxylic acids is 1. The van der Waals surface area contributed by atoms with Gasteiger partial charge in [-0.1, -0.05) is 6.07 Å². The average molecular weight is 242 g/mol. The van der Waals surface area contributed by atoms with Gasteiger partial charge in [0.05, 0.1) is 0 Å². The van der Waals surface area contributed by atoms with Gasteiger partial charge in [0.15, 0.2) is 0 Å². The second-order valence-corrected chi connectivity index (χ2v) is 4.18. The van der Waals surface area contributed by atoms with Gasteiger partial charge in [0, 0.05) is 23.0 Å². The molecule has 0 aliphatic rings. The zero-order valence-electron chi connectivity index (χ0n) is 9.46. The van der Waals surface area contributed by atoms with Crippen LogP contribution in [0, 0.1) is 6.92 Å². The maximum atomic E-state index is 11.8. The minimum absolute atomic E-state index is 0.0340. The molecule has 3 nitrogen and oxygen atoms in total. The highest BCUT2D eigenvalue weighted by atomic mass is 35.5. The van der Waals surface area contributed by atoms with Crippen molar-refractivity contribution in [1.29, 1.82) is 0 Å². The van der Waals surface area contributed by atoms with Crippen molar-refractivity contribution in [3.8, 4) is 5.75 Å². The van der Waals surface area contributed by atoms with Crippen LogP contribution in [0.4, 0.5) is 0 Å². The van der Waals surface area contributed by atoms with Gasteiger partial charge in [0.25, 0.3) is 5.91 Å². The molecular formula is C12H16ClNO2. The largest absolute Gasteiger partial charge is 0.508 e. The van der Waals surface area contributed by atoms with E-state index in [1.54, 1.807) is 25.1 Å². The highest BCUT2D eigenvalue weighted by Gasteiger charge is 2.13. The molecule has 1 atom stereocenters. The number of rotatable bonds is 4. The number of amides is 1. The first kappa shape index (κ1) is 12.8. The highest BCUT2D eigenvalue weighted by Crippen LogP contribution is 2.19. The van der Waals surface area contributed by atoms with Crippen molar-refractivity contribution in [1.82, 2.24) is 5.32 Å². The summed E-state index contributed by atoms with van der Waals surface area (Å²) in [5.74, 6) is 0.476. The molecule has 0 aliphatic carbocycles. The van der Waals surface area contributed by atoms with E-state index in [0.717, 1.165) is 6.42 Å². The molecule has 88 valence electrons. The maximum absolute atomic E-state index is 11.8. The van der Waals surface area contributed by atoms with Gasteiger partial charge in [-0.3, -0.25) is 4.79 Å². The van der Waals surface area contributed by atoms with E-state index in [2.05, 4.69) is 5.32 Å². The molecule has 2 N–H and O–H groups in total. The Morgan fingerprint density at radius 2 is 2.25 bits per heavy atom. The summed E-state index contributed by atoms with van der Waals surface area (Å²) >= 11 is 5.59. The maximum Gasteiger partial charge on any atom is 0.251 e. The fraction of sp³-hybridized carbons (Fsp3) is 0.417.